The molecule has 0 spiro atoms. The maximum absolute atomic E-state index is 12.0. The van der Waals surface area contributed by atoms with Crippen LogP contribution in [0.4, 0.5) is 0 Å². The van der Waals surface area contributed by atoms with E-state index in [4.69, 9.17) is 5.21 Å². The smallest absolute Gasteiger partial charge is 0.214 e. The molecule has 1 atom stereocenters. The van der Waals surface area contributed by atoms with E-state index in [-0.39, 0.29) is 11.7 Å². The summed E-state index contributed by atoms with van der Waals surface area (Å²) in [6, 6.07) is 0. The first kappa shape index (κ1) is 14.4. The number of oxime groups is 1. The minimum Gasteiger partial charge on any atom is -0.411 e. The first-order valence-electron chi connectivity index (χ1n) is 6.23. The van der Waals surface area contributed by atoms with Crippen molar-refractivity contribution in [2.75, 3.05) is 18.8 Å². The summed E-state index contributed by atoms with van der Waals surface area (Å²) in [5, 5.41) is 12.1. The Morgan fingerprint density at radius 2 is 2.18 bits per heavy atom. The van der Waals surface area contributed by atoms with Gasteiger partial charge in [-0.1, -0.05) is 25.4 Å². The highest BCUT2D eigenvalue weighted by Crippen LogP contribution is 2.20. The van der Waals surface area contributed by atoms with E-state index in [1.807, 2.05) is 13.8 Å². The van der Waals surface area contributed by atoms with Gasteiger partial charge in [-0.3, -0.25) is 0 Å². The normalized spacial score (nSPS) is 25.3. The molecule has 1 aliphatic heterocycles. The lowest BCUT2D eigenvalue weighted by Crippen LogP contribution is -2.44. The molecule has 100 valence electrons. The SMILES string of the molecule is CCCCS(=O)(=O)N1CCC(=NO)C(CC)C1. The summed E-state index contributed by atoms with van der Waals surface area (Å²) >= 11 is 0. The molecule has 5 nitrogen and oxygen atoms in total. The molecular weight excluding hydrogens is 240 g/mol. The molecule has 0 bridgehead atoms. The van der Waals surface area contributed by atoms with Gasteiger partial charge in [-0.05, 0) is 12.8 Å². The zero-order valence-electron chi connectivity index (χ0n) is 10.6. The van der Waals surface area contributed by atoms with Crippen LogP contribution < -0.4 is 0 Å². The summed E-state index contributed by atoms with van der Waals surface area (Å²) in [6.45, 7) is 4.87. The average molecular weight is 262 g/mol. The summed E-state index contributed by atoms with van der Waals surface area (Å²) in [5.74, 6) is 0.288. The van der Waals surface area contributed by atoms with Crippen LogP contribution in [0, 0.1) is 5.92 Å². The van der Waals surface area contributed by atoms with Gasteiger partial charge >= 0.3 is 0 Å². The van der Waals surface area contributed by atoms with E-state index in [2.05, 4.69) is 5.16 Å². The Kier molecular flexibility index (Phi) is 5.39. The van der Waals surface area contributed by atoms with Gasteiger partial charge in [0.05, 0.1) is 11.5 Å². The van der Waals surface area contributed by atoms with Gasteiger partial charge in [0.15, 0.2) is 0 Å². The van der Waals surface area contributed by atoms with Gasteiger partial charge < -0.3 is 5.21 Å². The number of hydrogen-bond donors (Lipinski definition) is 1. The summed E-state index contributed by atoms with van der Waals surface area (Å²) in [6.07, 6.45) is 2.93. The number of hydrogen-bond acceptors (Lipinski definition) is 4. The van der Waals surface area contributed by atoms with Crippen molar-refractivity contribution < 1.29 is 13.6 Å². The van der Waals surface area contributed by atoms with Gasteiger partial charge in [-0.15, -0.1) is 0 Å². The molecule has 0 aromatic heterocycles. The van der Waals surface area contributed by atoms with Crippen LogP contribution in [0.15, 0.2) is 5.16 Å². The van der Waals surface area contributed by atoms with Crippen LogP contribution in [-0.2, 0) is 10.0 Å². The monoisotopic (exact) mass is 262 g/mol. The zero-order valence-corrected chi connectivity index (χ0v) is 11.4. The van der Waals surface area contributed by atoms with Gasteiger partial charge in [0.2, 0.25) is 10.0 Å². The van der Waals surface area contributed by atoms with E-state index in [9.17, 15) is 8.42 Å². The van der Waals surface area contributed by atoms with Crippen molar-refractivity contribution in [1.82, 2.24) is 4.31 Å². The highest BCUT2D eigenvalue weighted by molar-refractivity contribution is 7.89. The maximum Gasteiger partial charge on any atom is 0.214 e. The Morgan fingerprint density at radius 3 is 2.71 bits per heavy atom. The van der Waals surface area contributed by atoms with E-state index in [0.29, 0.717) is 25.9 Å². The van der Waals surface area contributed by atoms with E-state index in [0.717, 1.165) is 18.6 Å². The quantitative estimate of drug-likeness (QED) is 0.605. The standard InChI is InChI=1S/C11H22N2O3S/c1-3-5-8-17(15,16)13-7-6-11(12-14)10(4-2)9-13/h10,14H,3-9H2,1-2H3. The molecule has 0 radical (unpaired) electrons. The van der Waals surface area contributed by atoms with Gasteiger partial charge in [-0.2, -0.15) is 0 Å². The Hall–Kier alpha value is -0.620. The predicted molar refractivity (Wildman–Crippen MR) is 67.9 cm³/mol. The Morgan fingerprint density at radius 1 is 1.47 bits per heavy atom. The third-order valence-corrected chi connectivity index (χ3v) is 5.21. The van der Waals surface area contributed by atoms with E-state index in [1.165, 1.54) is 0 Å². The van der Waals surface area contributed by atoms with Crippen molar-refractivity contribution in [2.45, 2.75) is 39.5 Å². The Labute approximate surface area is 104 Å². The molecule has 1 rings (SSSR count). The number of piperidine rings is 1. The lowest BCUT2D eigenvalue weighted by atomic mass is 9.95. The topological polar surface area (TPSA) is 70.0 Å². The lowest BCUT2D eigenvalue weighted by molar-refractivity contribution is 0.295. The van der Waals surface area contributed by atoms with Crippen molar-refractivity contribution in [1.29, 1.82) is 0 Å². The van der Waals surface area contributed by atoms with Crippen molar-refractivity contribution in [2.24, 2.45) is 11.1 Å². The van der Waals surface area contributed by atoms with Crippen LogP contribution in [0.3, 0.4) is 0 Å². The molecule has 1 saturated heterocycles. The summed E-state index contributed by atoms with van der Waals surface area (Å²) in [5.41, 5.74) is 0.731. The zero-order chi connectivity index (χ0) is 12.9. The van der Waals surface area contributed by atoms with Crippen LogP contribution in [0.1, 0.15) is 39.5 Å². The molecule has 0 aromatic rings. The van der Waals surface area contributed by atoms with Crippen molar-refractivity contribution >= 4 is 15.7 Å². The molecule has 0 saturated carbocycles. The fourth-order valence-electron chi connectivity index (χ4n) is 2.09. The fourth-order valence-corrected chi connectivity index (χ4v) is 3.78. The number of unbranched alkanes of at least 4 members (excludes halogenated alkanes) is 1. The molecule has 1 fully saturated rings. The van der Waals surface area contributed by atoms with Crippen molar-refractivity contribution in [3.63, 3.8) is 0 Å². The Balaban J connectivity index is 2.69. The minimum absolute atomic E-state index is 0.0603. The maximum atomic E-state index is 12.0. The second-order valence-electron chi connectivity index (χ2n) is 4.47. The largest absolute Gasteiger partial charge is 0.411 e. The molecule has 1 heterocycles. The summed E-state index contributed by atoms with van der Waals surface area (Å²) < 4.78 is 25.6. The van der Waals surface area contributed by atoms with E-state index < -0.39 is 10.0 Å². The predicted octanol–water partition coefficient (Wildman–Crippen LogP) is 1.68. The molecule has 0 aliphatic carbocycles. The first-order chi connectivity index (χ1) is 8.05. The lowest BCUT2D eigenvalue weighted by Gasteiger charge is -2.31. The van der Waals surface area contributed by atoms with Gasteiger partial charge in [0.1, 0.15) is 0 Å². The van der Waals surface area contributed by atoms with Crippen LogP contribution in [0.25, 0.3) is 0 Å². The van der Waals surface area contributed by atoms with E-state index in [1.54, 1.807) is 4.31 Å². The minimum atomic E-state index is -3.12. The van der Waals surface area contributed by atoms with Crippen LogP contribution in [0.5, 0.6) is 0 Å². The average Bonchev–Trinajstić information content (AvgIpc) is 2.35. The van der Waals surface area contributed by atoms with E-state index >= 15 is 0 Å². The third kappa shape index (κ3) is 3.67. The van der Waals surface area contributed by atoms with Gasteiger partial charge in [0, 0.05) is 25.4 Å². The second-order valence-corrected chi connectivity index (χ2v) is 6.56. The number of nitrogens with zero attached hydrogens (tertiary/aromatic N) is 2. The third-order valence-electron chi connectivity index (χ3n) is 3.28. The summed E-state index contributed by atoms with van der Waals surface area (Å²) in [7, 11) is -3.12. The molecule has 6 heteroatoms. The highest BCUT2D eigenvalue weighted by Gasteiger charge is 2.31. The molecule has 17 heavy (non-hydrogen) atoms. The highest BCUT2D eigenvalue weighted by atomic mass is 32.2. The molecule has 0 amide bonds. The Bertz CT molecular complexity index is 365. The van der Waals surface area contributed by atoms with Crippen LogP contribution in [0.2, 0.25) is 0 Å². The first-order valence-corrected chi connectivity index (χ1v) is 7.84. The molecule has 1 aliphatic rings. The van der Waals surface area contributed by atoms with Crippen LogP contribution in [-0.4, -0.2) is 42.5 Å². The number of sulfonamides is 1. The molecule has 0 aromatic carbocycles. The van der Waals surface area contributed by atoms with Crippen molar-refractivity contribution in [3.05, 3.63) is 0 Å². The van der Waals surface area contributed by atoms with Crippen molar-refractivity contribution in [3.8, 4) is 0 Å². The number of rotatable bonds is 5. The molecule has 1 unspecified atom stereocenters. The molecular formula is C11H22N2O3S. The fraction of sp³-hybridized carbons (Fsp3) is 0.909. The second kappa shape index (κ2) is 6.35. The van der Waals surface area contributed by atoms with Gasteiger partial charge in [-0.25, -0.2) is 12.7 Å². The van der Waals surface area contributed by atoms with Crippen LogP contribution >= 0.6 is 0 Å². The van der Waals surface area contributed by atoms with Gasteiger partial charge in [0.25, 0.3) is 0 Å². The summed E-state index contributed by atoms with van der Waals surface area (Å²) in [4.78, 5) is 0. The molecule has 1 N–H and O–H groups in total.